The normalized spacial score (nSPS) is 23.8. The maximum atomic E-state index is 14.8. The van der Waals surface area contributed by atoms with Crippen molar-refractivity contribution in [2.45, 2.75) is 106 Å². The van der Waals surface area contributed by atoms with Gasteiger partial charge in [-0.3, -0.25) is 4.79 Å². The molecule has 336 valence electrons. The van der Waals surface area contributed by atoms with Crippen LogP contribution in [0.15, 0.2) is 112 Å². The van der Waals surface area contributed by atoms with Crippen molar-refractivity contribution in [3.05, 3.63) is 103 Å². The highest BCUT2D eigenvalue weighted by atomic mass is 32.2. The number of unbranched alkanes of at least 4 members (excludes halogenated alkanes) is 2. The Bertz CT molecular complexity index is 2160. The first-order valence-corrected chi connectivity index (χ1v) is 24.1. The fraction of sp³-hybridized carbons (Fsp3) is 0.500. The quantitative estimate of drug-likeness (QED) is 0.0410. The number of likely N-dealkylation sites (N-methyl/N-ethyl adjacent to an activating group) is 1. The van der Waals surface area contributed by atoms with E-state index in [4.69, 9.17) is 24.2 Å². The number of sulfonamides is 1. The molecule has 3 aliphatic rings. The number of anilines is 1. The molecule has 14 heteroatoms. The standard InChI is InChI=1S/C48H63N3O9S2/c1-7-27-58-48-44(51(6)62(55,56)38-22-19-35(20-23-38)49-33(2)54)32-42(50-60-47(3,4)5)40-30-34(15-11-13-25-52)39(18-12-14-26-53)45(46(40)48)41-31-36(21-24-43(41)59-48)57-28-29-61-37-16-9-8-10-17-37/h7-10,16-17,19-24,30-31,34,39,44-46,52-53H,1,11-15,18,25-29,32H2,2-6H3,(H,49,54)/t34-,39+,44-,45+,46+,48+/m0/s1. The average molecular weight is 890 g/mol. The van der Waals surface area contributed by atoms with E-state index in [1.54, 1.807) is 37.0 Å². The topological polar surface area (TPSA) is 156 Å². The van der Waals surface area contributed by atoms with Crippen LogP contribution in [0.3, 0.4) is 0 Å². The Labute approximate surface area is 371 Å². The Balaban J connectivity index is 1.52. The summed E-state index contributed by atoms with van der Waals surface area (Å²) >= 11 is 1.72. The van der Waals surface area contributed by atoms with E-state index in [0.29, 0.717) is 42.3 Å². The number of ether oxygens (including phenoxy) is 3. The molecule has 1 fully saturated rings. The molecule has 0 aromatic heterocycles. The lowest BCUT2D eigenvalue weighted by molar-refractivity contribution is -0.250. The van der Waals surface area contributed by atoms with E-state index in [1.807, 2.05) is 51.1 Å². The molecule has 3 aromatic rings. The van der Waals surface area contributed by atoms with Gasteiger partial charge in [0.05, 0.1) is 35.8 Å². The lowest BCUT2D eigenvalue weighted by Gasteiger charge is -2.59. The second-order valence-corrected chi connectivity index (χ2v) is 20.4. The zero-order chi connectivity index (χ0) is 44.5. The van der Waals surface area contributed by atoms with Gasteiger partial charge in [0.2, 0.25) is 21.7 Å². The molecule has 12 nitrogen and oxygen atoms in total. The van der Waals surface area contributed by atoms with Crippen molar-refractivity contribution in [2.24, 2.45) is 22.9 Å². The van der Waals surface area contributed by atoms with Gasteiger partial charge in [-0.25, -0.2) is 8.42 Å². The molecule has 0 unspecified atom stereocenters. The van der Waals surface area contributed by atoms with Crippen molar-refractivity contribution in [2.75, 3.05) is 44.5 Å². The number of aliphatic hydroxyl groups is 2. The number of hydrogen-bond acceptors (Lipinski definition) is 11. The first kappa shape index (κ1) is 47.3. The number of oxime groups is 1. The van der Waals surface area contributed by atoms with Crippen LogP contribution in [0.4, 0.5) is 5.69 Å². The minimum Gasteiger partial charge on any atom is -0.493 e. The summed E-state index contributed by atoms with van der Waals surface area (Å²) in [4.78, 5) is 19.1. The lowest BCUT2D eigenvalue weighted by atomic mass is 9.55. The van der Waals surface area contributed by atoms with Gasteiger partial charge in [0, 0.05) is 61.4 Å². The number of benzene rings is 3. The van der Waals surface area contributed by atoms with Crippen LogP contribution in [-0.2, 0) is 24.4 Å². The summed E-state index contributed by atoms with van der Waals surface area (Å²) in [6.07, 6.45) is 8.48. The molecule has 6 atom stereocenters. The van der Waals surface area contributed by atoms with Gasteiger partial charge in [-0.05, 0) is 118 Å². The zero-order valence-corrected chi connectivity index (χ0v) is 38.3. The molecule has 1 heterocycles. The van der Waals surface area contributed by atoms with E-state index in [2.05, 4.69) is 36.2 Å². The van der Waals surface area contributed by atoms with Crippen LogP contribution >= 0.6 is 11.8 Å². The van der Waals surface area contributed by atoms with Crippen LogP contribution in [0.5, 0.6) is 11.5 Å². The molecular weight excluding hydrogens is 827 g/mol. The third-order valence-electron chi connectivity index (χ3n) is 11.7. The number of carbonyl (C=O) groups excluding carboxylic acids is 1. The molecule has 3 N–H and O–H groups in total. The lowest BCUT2D eigenvalue weighted by Crippen LogP contribution is -2.69. The van der Waals surface area contributed by atoms with E-state index in [9.17, 15) is 23.4 Å². The van der Waals surface area contributed by atoms with Gasteiger partial charge in [-0.15, -0.1) is 18.3 Å². The van der Waals surface area contributed by atoms with E-state index >= 15 is 0 Å². The van der Waals surface area contributed by atoms with Crippen molar-refractivity contribution in [1.29, 1.82) is 0 Å². The second-order valence-electron chi connectivity index (χ2n) is 17.2. The molecule has 1 saturated carbocycles. The predicted octanol–water partition coefficient (Wildman–Crippen LogP) is 8.57. The largest absolute Gasteiger partial charge is 0.493 e. The molecule has 3 aromatic carbocycles. The molecule has 0 saturated heterocycles. The SMILES string of the molecule is C=CCO[C@@]12Oc3ccc(OCCSc4ccccc4)cc3[C@H]3[C@H](CCCCO)[C@@H](CCCCO)C=C(C(=NOC(C)(C)C)C[C@@H]1N(C)S(=O)(=O)c1ccc(NC(C)=O)cc1)[C@H]32. The third-order valence-corrected chi connectivity index (χ3v) is 14.6. The van der Waals surface area contributed by atoms with Gasteiger partial charge in [0.1, 0.15) is 17.1 Å². The molecule has 1 aliphatic heterocycles. The van der Waals surface area contributed by atoms with Gasteiger partial charge in [0.25, 0.3) is 0 Å². The van der Waals surface area contributed by atoms with Crippen LogP contribution < -0.4 is 14.8 Å². The number of thioether (sulfide) groups is 1. The summed E-state index contributed by atoms with van der Waals surface area (Å²) < 4.78 is 51.6. The summed E-state index contributed by atoms with van der Waals surface area (Å²) in [7, 11) is -2.66. The van der Waals surface area contributed by atoms with Crippen LogP contribution in [-0.4, -0.2) is 91.2 Å². The maximum Gasteiger partial charge on any atom is 0.243 e. The molecule has 1 amide bonds. The summed E-state index contributed by atoms with van der Waals surface area (Å²) in [5.41, 5.74) is 2.26. The maximum absolute atomic E-state index is 14.8. The number of allylic oxidation sites excluding steroid dienone is 1. The molecule has 6 rings (SSSR count). The minimum atomic E-state index is -4.22. The highest BCUT2D eigenvalue weighted by Gasteiger charge is 2.65. The highest BCUT2D eigenvalue weighted by Crippen LogP contribution is 2.62. The van der Waals surface area contributed by atoms with E-state index in [0.717, 1.165) is 42.6 Å². The molecule has 0 bridgehead atoms. The molecule has 62 heavy (non-hydrogen) atoms. The van der Waals surface area contributed by atoms with Crippen molar-refractivity contribution < 1.29 is 42.5 Å². The smallest absolute Gasteiger partial charge is 0.243 e. The van der Waals surface area contributed by atoms with Gasteiger partial charge >= 0.3 is 0 Å². The Hall–Kier alpha value is -4.18. The number of nitrogens with zero attached hydrogens (tertiary/aromatic N) is 2. The first-order chi connectivity index (χ1) is 29.7. The summed E-state index contributed by atoms with van der Waals surface area (Å²) in [6.45, 7) is 11.8. The predicted molar refractivity (Wildman–Crippen MR) is 244 cm³/mol. The second kappa shape index (κ2) is 21.0. The van der Waals surface area contributed by atoms with E-state index in [1.165, 1.54) is 28.3 Å². The number of fused-ring (bicyclic) bond motifs is 2. The number of amides is 1. The average Bonchev–Trinajstić information content (AvgIpc) is 3.24. The van der Waals surface area contributed by atoms with Crippen LogP contribution in [0.25, 0.3) is 0 Å². The highest BCUT2D eigenvalue weighted by molar-refractivity contribution is 7.99. The van der Waals surface area contributed by atoms with Crippen LogP contribution in [0.1, 0.15) is 84.1 Å². The van der Waals surface area contributed by atoms with Crippen molar-refractivity contribution >= 4 is 39.1 Å². The van der Waals surface area contributed by atoms with Crippen LogP contribution in [0, 0.1) is 17.8 Å². The van der Waals surface area contributed by atoms with Gasteiger partial charge in [-0.2, -0.15) is 4.31 Å². The zero-order valence-electron chi connectivity index (χ0n) is 36.6. The third kappa shape index (κ3) is 10.9. The van der Waals surface area contributed by atoms with Crippen molar-refractivity contribution in [3.8, 4) is 11.5 Å². The van der Waals surface area contributed by atoms with Crippen molar-refractivity contribution in [3.63, 3.8) is 0 Å². The Kier molecular flexibility index (Phi) is 16.0. The van der Waals surface area contributed by atoms with Crippen LogP contribution in [0.2, 0.25) is 0 Å². The summed E-state index contributed by atoms with van der Waals surface area (Å²) in [5.74, 6) is -0.573. The fourth-order valence-electron chi connectivity index (χ4n) is 9.07. The fourth-order valence-corrected chi connectivity index (χ4v) is 11.2. The number of carbonyl (C=O) groups is 1. The van der Waals surface area contributed by atoms with E-state index in [-0.39, 0.29) is 54.8 Å². The molecule has 2 aliphatic carbocycles. The Morgan fingerprint density at radius 3 is 2.40 bits per heavy atom. The summed E-state index contributed by atoms with van der Waals surface area (Å²) in [6, 6.07) is 21.2. The number of rotatable bonds is 21. The molecule has 0 spiro atoms. The summed E-state index contributed by atoms with van der Waals surface area (Å²) in [5, 5.41) is 27.4. The van der Waals surface area contributed by atoms with Gasteiger partial charge in [0.15, 0.2) is 0 Å². The Morgan fingerprint density at radius 2 is 1.74 bits per heavy atom. The van der Waals surface area contributed by atoms with Crippen molar-refractivity contribution in [1.82, 2.24) is 4.31 Å². The van der Waals surface area contributed by atoms with Gasteiger partial charge in [-0.1, -0.05) is 48.3 Å². The number of aliphatic hydroxyl groups excluding tert-OH is 2. The monoisotopic (exact) mass is 889 g/mol. The Morgan fingerprint density at radius 1 is 1.03 bits per heavy atom. The molecular formula is C48H63N3O9S2. The number of nitrogens with one attached hydrogen (secondary N) is 1. The van der Waals surface area contributed by atoms with E-state index < -0.39 is 33.4 Å². The molecule has 0 radical (unpaired) electrons. The number of hydrogen-bond donors (Lipinski definition) is 3. The minimum absolute atomic E-state index is 0.0130. The van der Waals surface area contributed by atoms with Gasteiger partial charge < -0.3 is 34.6 Å². The first-order valence-electron chi connectivity index (χ1n) is 21.7.